The predicted molar refractivity (Wildman–Crippen MR) is 53.3 cm³/mol. The normalized spacial score (nSPS) is 10.6. The van der Waals surface area contributed by atoms with Crippen molar-refractivity contribution in [2.75, 3.05) is 13.7 Å². The van der Waals surface area contributed by atoms with E-state index in [1.54, 1.807) is 7.11 Å². The Kier molecular flexibility index (Phi) is 4.11. The molecule has 1 aromatic rings. The summed E-state index contributed by atoms with van der Waals surface area (Å²) in [6.45, 7) is 3.57. The summed E-state index contributed by atoms with van der Waals surface area (Å²) < 4.78 is 7.66. The van der Waals surface area contributed by atoms with E-state index in [4.69, 9.17) is 17.0 Å². The number of H-pyrrole nitrogens is 1. The maximum absolute atomic E-state index is 5.09. The van der Waals surface area contributed by atoms with Crippen molar-refractivity contribution in [3.05, 3.63) is 10.6 Å². The number of methoxy groups -OCH3 is 1. The van der Waals surface area contributed by atoms with Gasteiger partial charge in [0.2, 0.25) is 0 Å². The van der Waals surface area contributed by atoms with Gasteiger partial charge in [0.25, 0.3) is 0 Å². The second kappa shape index (κ2) is 5.14. The number of hydrogen-bond donors (Lipinski definition) is 1. The molecule has 0 saturated heterocycles. The SMILES string of the molecule is CCCc1n[nH]c(=S)n1CCOC. The number of aromatic nitrogens is 3. The fourth-order valence-corrected chi connectivity index (χ4v) is 1.42. The first-order chi connectivity index (χ1) is 6.29. The van der Waals surface area contributed by atoms with Gasteiger partial charge < -0.3 is 9.30 Å². The first-order valence-electron chi connectivity index (χ1n) is 4.42. The molecule has 13 heavy (non-hydrogen) atoms. The molecule has 0 aliphatic rings. The van der Waals surface area contributed by atoms with Gasteiger partial charge in [-0.25, -0.2) is 0 Å². The van der Waals surface area contributed by atoms with E-state index in [9.17, 15) is 0 Å². The van der Waals surface area contributed by atoms with Crippen molar-refractivity contribution in [2.45, 2.75) is 26.3 Å². The molecule has 5 heteroatoms. The second-order valence-corrected chi connectivity index (χ2v) is 3.23. The molecule has 1 aromatic heterocycles. The van der Waals surface area contributed by atoms with Crippen LogP contribution in [0.25, 0.3) is 0 Å². The third-order valence-electron chi connectivity index (χ3n) is 1.83. The molecule has 1 N–H and O–H groups in total. The fraction of sp³-hybridized carbons (Fsp3) is 0.750. The summed E-state index contributed by atoms with van der Waals surface area (Å²) >= 11 is 5.09. The van der Waals surface area contributed by atoms with Crippen molar-refractivity contribution in [2.24, 2.45) is 0 Å². The lowest BCUT2D eigenvalue weighted by atomic mass is 10.3. The molecule has 74 valence electrons. The van der Waals surface area contributed by atoms with E-state index in [-0.39, 0.29) is 0 Å². The smallest absolute Gasteiger partial charge is 0.195 e. The number of aromatic amines is 1. The Morgan fingerprint density at radius 2 is 2.38 bits per heavy atom. The van der Waals surface area contributed by atoms with Crippen LogP contribution in [0.4, 0.5) is 0 Å². The number of aryl methyl sites for hydroxylation is 1. The lowest BCUT2D eigenvalue weighted by Gasteiger charge is -2.04. The van der Waals surface area contributed by atoms with Crippen LogP contribution in [-0.2, 0) is 17.7 Å². The van der Waals surface area contributed by atoms with Crippen LogP contribution in [0.1, 0.15) is 19.2 Å². The van der Waals surface area contributed by atoms with Gasteiger partial charge >= 0.3 is 0 Å². The van der Waals surface area contributed by atoms with Crippen LogP contribution in [-0.4, -0.2) is 28.5 Å². The second-order valence-electron chi connectivity index (χ2n) is 2.84. The van der Waals surface area contributed by atoms with Crippen LogP contribution in [0.5, 0.6) is 0 Å². The van der Waals surface area contributed by atoms with Crippen molar-refractivity contribution in [3.8, 4) is 0 Å². The third-order valence-corrected chi connectivity index (χ3v) is 2.14. The average molecular weight is 201 g/mol. The van der Waals surface area contributed by atoms with E-state index in [1.807, 2.05) is 4.57 Å². The fourth-order valence-electron chi connectivity index (χ4n) is 1.18. The Labute approximate surface area is 82.9 Å². The molecule has 0 atom stereocenters. The highest BCUT2D eigenvalue weighted by molar-refractivity contribution is 7.71. The van der Waals surface area contributed by atoms with E-state index in [0.717, 1.165) is 25.2 Å². The summed E-state index contributed by atoms with van der Waals surface area (Å²) in [5, 5.41) is 6.94. The molecular formula is C8H15N3OS. The van der Waals surface area contributed by atoms with Crippen molar-refractivity contribution in [1.82, 2.24) is 14.8 Å². The van der Waals surface area contributed by atoms with E-state index in [0.29, 0.717) is 11.4 Å². The van der Waals surface area contributed by atoms with Crippen LogP contribution >= 0.6 is 12.2 Å². The van der Waals surface area contributed by atoms with E-state index >= 15 is 0 Å². The molecule has 0 unspecified atom stereocenters. The molecule has 0 aromatic carbocycles. The summed E-state index contributed by atoms with van der Waals surface area (Å²) in [6, 6.07) is 0. The van der Waals surface area contributed by atoms with Gasteiger partial charge in [-0.1, -0.05) is 6.92 Å². The van der Waals surface area contributed by atoms with E-state index in [2.05, 4.69) is 17.1 Å². The Bertz CT molecular complexity index is 305. The molecule has 0 spiro atoms. The predicted octanol–water partition coefficient (Wildman–Crippen LogP) is 1.54. The van der Waals surface area contributed by atoms with Gasteiger partial charge in [-0.05, 0) is 18.6 Å². The molecule has 1 heterocycles. The summed E-state index contributed by atoms with van der Waals surface area (Å²) in [7, 11) is 1.68. The molecule has 1 rings (SSSR count). The van der Waals surface area contributed by atoms with Crippen molar-refractivity contribution in [3.63, 3.8) is 0 Å². The molecule has 4 nitrogen and oxygen atoms in total. The highest BCUT2D eigenvalue weighted by Crippen LogP contribution is 2.01. The Morgan fingerprint density at radius 3 is 3.00 bits per heavy atom. The van der Waals surface area contributed by atoms with E-state index in [1.165, 1.54) is 0 Å². The minimum Gasteiger partial charge on any atom is -0.383 e. The van der Waals surface area contributed by atoms with Gasteiger partial charge in [0, 0.05) is 20.1 Å². The number of nitrogens with zero attached hydrogens (tertiary/aromatic N) is 2. The first kappa shape index (κ1) is 10.4. The molecule has 0 amide bonds. The summed E-state index contributed by atoms with van der Waals surface area (Å²) in [6.07, 6.45) is 2.03. The molecule has 0 radical (unpaired) electrons. The largest absolute Gasteiger partial charge is 0.383 e. The van der Waals surface area contributed by atoms with Crippen molar-refractivity contribution in [1.29, 1.82) is 0 Å². The highest BCUT2D eigenvalue weighted by atomic mass is 32.1. The Hall–Kier alpha value is -0.680. The van der Waals surface area contributed by atoms with Crippen molar-refractivity contribution >= 4 is 12.2 Å². The zero-order valence-corrected chi connectivity index (χ0v) is 8.86. The first-order valence-corrected chi connectivity index (χ1v) is 4.83. The Morgan fingerprint density at radius 1 is 1.62 bits per heavy atom. The van der Waals surface area contributed by atoms with Gasteiger partial charge in [-0.3, -0.25) is 5.10 Å². The van der Waals surface area contributed by atoms with Gasteiger partial charge in [-0.15, -0.1) is 0 Å². The minimum atomic E-state index is 0.671. The number of rotatable bonds is 5. The van der Waals surface area contributed by atoms with Crippen LogP contribution in [0.2, 0.25) is 0 Å². The lowest BCUT2D eigenvalue weighted by molar-refractivity contribution is 0.186. The number of nitrogens with one attached hydrogen (secondary N) is 1. The molecule has 0 aliphatic carbocycles. The lowest BCUT2D eigenvalue weighted by Crippen LogP contribution is -2.08. The highest BCUT2D eigenvalue weighted by Gasteiger charge is 2.03. The van der Waals surface area contributed by atoms with Crippen LogP contribution in [0, 0.1) is 4.77 Å². The molecule has 0 aliphatic heterocycles. The topological polar surface area (TPSA) is 42.8 Å². The monoisotopic (exact) mass is 201 g/mol. The zero-order chi connectivity index (χ0) is 9.68. The summed E-state index contributed by atoms with van der Waals surface area (Å²) in [5.74, 6) is 1.02. The summed E-state index contributed by atoms with van der Waals surface area (Å²) in [4.78, 5) is 0. The van der Waals surface area contributed by atoms with Crippen molar-refractivity contribution < 1.29 is 4.74 Å². The molecule has 0 fully saturated rings. The standard InChI is InChI=1S/C8H15N3OS/c1-3-4-7-9-10-8(13)11(7)5-6-12-2/h3-6H2,1-2H3,(H,10,13). The quantitative estimate of drug-likeness (QED) is 0.735. The van der Waals surface area contributed by atoms with Gasteiger partial charge in [0.05, 0.1) is 6.61 Å². The third kappa shape index (κ3) is 2.63. The number of hydrogen-bond acceptors (Lipinski definition) is 3. The van der Waals surface area contributed by atoms with Crippen LogP contribution in [0.3, 0.4) is 0 Å². The molecular weight excluding hydrogens is 186 g/mol. The van der Waals surface area contributed by atoms with Gasteiger partial charge in [-0.2, -0.15) is 5.10 Å². The van der Waals surface area contributed by atoms with Gasteiger partial charge in [0.1, 0.15) is 5.82 Å². The maximum Gasteiger partial charge on any atom is 0.195 e. The average Bonchev–Trinajstić information content (AvgIpc) is 2.45. The van der Waals surface area contributed by atoms with Crippen LogP contribution < -0.4 is 0 Å². The zero-order valence-electron chi connectivity index (χ0n) is 8.04. The van der Waals surface area contributed by atoms with Gasteiger partial charge in [0.15, 0.2) is 4.77 Å². The maximum atomic E-state index is 5.09. The number of ether oxygens (including phenoxy) is 1. The Balaban J connectivity index is 2.75. The van der Waals surface area contributed by atoms with Crippen LogP contribution in [0.15, 0.2) is 0 Å². The summed E-state index contributed by atoms with van der Waals surface area (Å²) in [5.41, 5.74) is 0. The molecule has 0 bridgehead atoms. The van der Waals surface area contributed by atoms with E-state index < -0.39 is 0 Å². The minimum absolute atomic E-state index is 0.671. The molecule has 0 saturated carbocycles.